The highest BCUT2D eigenvalue weighted by molar-refractivity contribution is 9.10. The maximum Gasteiger partial charge on any atom is 0.253 e. The zero-order chi connectivity index (χ0) is 15.4. The first-order valence-corrected chi connectivity index (χ1v) is 7.31. The van der Waals surface area contributed by atoms with Crippen molar-refractivity contribution in [2.75, 3.05) is 12.8 Å². The minimum Gasteiger partial charge on any atom is -0.496 e. The van der Waals surface area contributed by atoms with Crippen LogP contribution in [0.15, 0.2) is 46.9 Å². The molecule has 0 saturated carbocycles. The van der Waals surface area contributed by atoms with Crippen molar-refractivity contribution in [3.8, 4) is 5.75 Å². The third-order valence-electron chi connectivity index (χ3n) is 3.21. The van der Waals surface area contributed by atoms with E-state index in [1.54, 1.807) is 25.3 Å². The van der Waals surface area contributed by atoms with E-state index in [1.165, 1.54) is 0 Å². The summed E-state index contributed by atoms with van der Waals surface area (Å²) >= 11 is 3.34. The number of halogens is 1. The van der Waals surface area contributed by atoms with Crippen molar-refractivity contribution < 1.29 is 9.53 Å². The van der Waals surface area contributed by atoms with Crippen LogP contribution in [0.5, 0.6) is 5.75 Å². The molecule has 0 fully saturated rings. The Morgan fingerprint density at radius 1 is 1.29 bits per heavy atom. The van der Waals surface area contributed by atoms with E-state index < -0.39 is 0 Å². The van der Waals surface area contributed by atoms with Crippen LogP contribution in [0.3, 0.4) is 0 Å². The van der Waals surface area contributed by atoms with Gasteiger partial charge in [-0.1, -0.05) is 34.1 Å². The van der Waals surface area contributed by atoms with E-state index in [9.17, 15) is 4.79 Å². The smallest absolute Gasteiger partial charge is 0.253 e. The monoisotopic (exact) mass is 348 g/mol. The Kier molecular flexibility index (Phi) is 4.85. The molecule has 0 radical (unpaired) electrons. The summed E-state index contributed by atoms with van der Waals surface area (Å²) in [6.45, 7) is 1.91. The van der Waals surface area contributed by atoms with Gasteiger partial charge in [-0.15, -0.1) is 0 Å². The Bertz CT molecular complexity index is 658. The first-order valence-electron chi connectivity index (χ1n) is 6.51. The lowest BCUT2D eigenvalue weighted by Crippen LogP contribution is -2.27. The Morgan fingerprint density at radius 2 is 2.00 bits per heavy atom. The quantitative estimate of drug-likeness (QED) is 0.830. The average molecular weight is 349 g/mol. The van der Waals surface area contributed by atoms with Crippen molar-refractivity contribution in [3.05, 3.63) is 58.1 Å². The zero-order valence-electron chi connectivity index (χ0n) is 11.9. The van der Waals surface area contributed by atoms with Gasteiger partial charge in [0.15, 0.2) is 0 Å². The minimum atomic E-state index is -0.216. The summed E-state index contributed by atoms with van der Waals surface area (Å²) in [7, 11) is 1.61. The number of nitrogen functional groups attached to an aromatic ring is 1. The summed E-state index contributed by atoms with van der Waals surface area (Å²) in [6.07, 6.45) is 0. The average Bonchev–Trinajstić information content (AvgIpc) is 2.49. The van der Waals surface area contributed by atoms with Gasteiger partial charge in [-0.25, -0.2) is 0 Å². The van der Waals surface area contributed by atoms with Crippen LogP contribution in [-0.4, -0.2) is 13.0 Å². The van der Waals surface area contributed by atoms with E-state index in [-0.39, 0.29) is 11.9 Å². The Balaban J connectivity index is 2.21. The number of hydrogen-bond donors (Lipinski definition) is 2. The van der Waals surface area contributed by atoms with Crippen LogP contribution < -0.4 is 15.8 Å². The largest absolute Gasteiger partial charge is 0.496 e. The van der Waals surface area contributed by atoms with E-state index in [1.807, 2.05) is 31.2 Å². The number of nitrogens with one attached hydrogen (secondary N) is 1. The number of hydrogen-bond acceptors (Lipinski definition) is 3. The van der Waals surface area contributed by atoms with Gasteiger partial charge in [0.1, 0.15) is 5.75 Å². The summed E-state index contributed by atoms with van der Waals surface area (Å²) in [6, 6.07) is 12.6. The number of para-hydroxylation sites is 1. The summed E-state index contributed by atoms with van der Waals surface area (Å²) < 4.78 is 6.12. The van der Waals surface area contributed by atoms with Gasteiger partial charge < -0.3 is 15.8 Å². The normalized spacial score (nSPS) is 11.8. The van der Waals surface area contributed by atoms with Crippen LogP contribution in [0.25, 0.3) is 0 Å². The molecule has 0 heterocycles. The lowest BCUT2D eigenvalue weighted by Gasteiger charge is -2.18. The fourth-order valence-corrected chi connectivity index (χ4v) is 2.46. The second kappa shape index (κ2) is 6.63. The highest BCUT2D eigenvalue weighted by Crippen LogP contribution is 2.25. The van der Waals surface area contributed by atoms with Gasteiger partial charge in [0.25, 0.3) is 5.91 Å². The molecular formula is C16H17BrN2O2. The molecule has 0 aromatic heterocycles. The van der Waals surface area contributed by atoms with Crippen molar-refractivity contribution in [1.29, 1.82) is 0 Å². The van der Waals surface area contributed by atoms with Crippen LogP contribution in [0, 0.1) is 0 Å². The molecule has 0 aliphatic carbocycles. The second-order valence-corrected chi connectivity index (χ2v) is 5.58. The molecule has 0 saturated heterocycles. The molecule has 0 aliphatic heterocycles. The molecule has 2 aromatic rings. The third-order valence-corrected chi connectivity index (χ3v) is 3.71. The first-order chi connectivity index (χ1) is 10.0. The lowest BCUT2D eigenvalue weighted by molar-refractivity contribution is 0.0940. The standard InChI is InChI=1S/C16H17BrN2O2/c1-10(12-5-3-4-6-15(12)21-2)19-16(20)13-9-11(17)7-8-14(13)18/h3-10H,18H2,1-2H3,(H,19,20). The molecule has 3 N–H and O–H groups in total. The van der Waals surface area contributed by atoms with Crippen LogP contribution in [0.4, 0.5) is 5.69 Å². The maximum atomic E-state index is 12.3. The maximum absolute atomic E-state index is 12.3. The number of carbonyl (C=O) groups excluding carboxylic acids is 1. The van der Waals surface area contributed by atoms with Crippen molar-refractivity contribution in [3.63, 3.8) is 0 Å². The second-order valence-electron chi connectivity index (χ2n) is 4.67. The van der Waals surface area contributed by atoms with Crippen LogP contribution in [0.1, 0.15) is 28.9 Å². The SMILES string of the molecule is COc1ccccc1C(C)NC(=O)c1cc(Br)ccc1N. The molecule has 1 atom stereocenters. The number of carbonyl (C=O) groups is 1. The molecular weight excluding hydrogens is 332 g/mol. The number of rotatable bonds is 4. The molecule has 0 spiro atoms. The van der Waals surface area contributed by atoms with Crippen molar-refractivity contribution in [1.82, 2.24) is 5.32 Å². The van der Waals surface area contributed by atoms with Crippen molar-refractivity contribution >= 4 is 27.5 Å². The fourth-order valence-electron chi connectivity index (χ4n) is 2.10. The van der Waals surface area contributed by atoms with Gasteiger partial charge in [0.05, 0.1) is 18.7 Å². The molecule has 4 nitrogen and oxygen atoms in total. The minimum absolute atomic E-state index is 0.188. The Morgan fingerprint density at radius 3 is 2.71 bits per heavy atom. The number of benzene rings is 2. The fraction of sp³-hybridized carbons (Fsp3) is 0.188. The van der Waals surface area contributed by atoms with Gasteiger partial charge >= 0.3 is 0 Å². The summed E-state index contributed by atoms with van der Waals surface area (Å²) in [5, 5.41) is 2.94. The molecule has 110 valence electrons. The molecule has 1 unspecified atom stereocenters. The number of nitrogens with two attached hydrogens (primary N) is 1. The molecule has 1 amide bonds. The molecule has 0 bridgehead atoms. The van der Waals surface area contributed by atoms with E-state index in [4.69, 9.17) is 10.5 Å². The Labute approximate surface area is 132 Å². The van der Waals surface area contributed by atoms with Gasteiger partial charge in [-0.3, -0.25) is 4.79 Å². The van der Waals surface area contributed by atoms with Gasteiger partial charge in [0, 0.05) is 15.7 Å². The van der Waals surface area contributed by atoms with E-state index in [0.717, 1.165) is 15.8 Å². The highest BCUT2D eigenvalue weighted by Gasteiger charge is 2.16. The van der Waals surface area contributed by atoms with Gasteiger partial charge in [-0.2, -0.15) is 0 Å². The molecule has 2 aromatic carbocycles. The van der Waals surface area contributed by atoms with Gasteiger partial charge in [0.2, 0.25) is 0 Å². The predicted molar refractivity (Wildman–Crippen MR) is 87.4 cm³/mol. The third kappa shape index (κ3) is 3.55. The number of amides is 1. The summed E-state index contributed by atoms with van der Waals surface area (Å²) in [5.41, 5.74) is 7.67. The zero-order valence-corrected chi connectivity index (χ0v) is 13.5. The molecule has 5 heteroatoms. The van der Waals surface area contributed by atoms with Gasteiger partial charge in [-0.05, 0) is 31.2 Å². The van der Waals surface area contributed by atoms with E-state index in [0.29, 0.717) is 11.3 Å². The highest BCUT2D eigenvalue weighted by atomic mass is 79.9. The predicted octanol–water partition coefficient (Wildman–Crippen LogP) is 3.53. The number of methoxy groups -OCH3 is 1. The van der Waals surface area contributed by atoms with Crippen LogP contribution >= 0.6 is 15.9 Å². The van der Waals surface area contributed by atoms with Crippen LogP contribution in [-0.2, 0) is 0 Å². The lowest BCUT2D eigenvalue weighted by atomic mass is 10.1. The van der Waals surface area contributed by atoms with Crippen molar-refractivity contribution in [2.45, 2.75) is 13.0 Å². The Hall–Kier alpha value is -2.01. The molecule has 2 rings (SSSR count). The van der Waals surface area contributed by atoms with E-state index in [2.05, 4.69) is 21.2 Å². The molecule has 0 aliphatic rings. The number of ether oxygens (including phenoxy) is 1. The summed E-state index contributed by atoms with van der Waals surface area (Å²) in [5.74, 6) is 0.528. The van der Waals surface area contributed by atoms with Crippen molar-refractivity contribution in [2.24, 2.45) is 0 Å². The first kappa shape index (κ1) is 15.4. The van der Waals surface area contributed by atoms with Crippen LogP contribution in [0.2, 0.25) is 0 Å². The topological polar surface area (TPSA) is 64.3 Å². The molecule has 21 heavy (non-hydrogen) atoms. The number of anilines is 1. The summed E-state index contributed by atoms with van der Waals surface area (Å²) in [4.78, 5) is 12.3. The van der Waals surface area contributed by atoms with E-state index >= 15 is 0 Å².